The summed E-state index contributed by atoms with van der Waals surface area (Å²) in [6.07, 6.45) is 4.20. The minimum atomic E-state index is -0.130. The van der Waals surface area contributed by atoms with Gasteiger partial charge in [-0.25, -0.2) is 4.98 Å². The topological polar surface area (TPSA) is 81.8 Å². The smallest absolute Gasteiger partial charge is 0.262 e. The van der Waals surface area contributed by atoms with E-state index in [0.717, 1.165) is 42.8 Å². The quantitative estimate of drug-likeness (QED) is 0.512. The standard InChI is InChI=1S/C21H25N5O2S/c1-13-19(14(2)25(3)24-13)23-18(27)12-29-21-22-17-11-7-6-10-16(17)20(28)26(21)15-8-4-5-9-15/h6-7,10-11,15H,4-5,8-9,12H2,1-3H3,(H,23,27). The molecule has 0 spiro atoms. The summed E-state index contributed by atoms with van der Waals surface area (Å²) in [6.45, 7) is 3.80. The molecule has 1 N–H and O–H groups in total. The summed E-state index contributed by atoms with van der Waals surface area (Å²) in [4.78, 5) is 30.5. The molecule has 0 saturated heterocycles. The van der Waals surface area contributed by atoms with Crippen molar-refractivity contribution in [3.63, 3.8) is 0 Å². The van der Waals surface area contributed by atoms with E-state index in [2.05, 4.69) is 10.4 Å². The second kappa shape index (κ2) is 8.02. The van der Waals surface area contributed by atoms with Gasteiger partial charge in [-0.05, 0) is 38.8 Å². The number of para-hydroxylation sites is 1. The molecule has 29 heavy (non-hydrogen) atoms. The van der Waals surface area contributed by atoms with Crippen molar-refractivity contribution in [3.8, 4) is 0 Å². The number of anilines is 1. The lowest BCUT2D eigenvalue weighted by atomic mass is 10.2. The zero-order chi connectivity index (χ0) is 20.5. The van der Waals surface area contributed by atoms with Crippen LogP contribution in [0.3, 0.4) is 0 Å². The summed E-state index contributed by atoms with van der Waals surface area (Å²) in [7, 11) is 1.85. The zero-order valence-corrected chi connectivity index (χ0v) is 17.8. The largest absolute Gasteiger partial charge is 0.322 e. The van der Waals surface area contributed by atoms with E-state index in [0.29, 0.717) is 16.1 Å². The molecule has 152 valence electrons. The van der Waals surface area contributed by atoms with Crippen LogP contribution in [-0.2, 0) is 11.8 Å². The summed E-state index contributed by atoms with van der Waals surface area (Å²) in [5.74, 6) is 0.0558. The average Bonchev–Trinajstić information content (AvgIpc) is 3.31. The molecule has 1 fully saturated rings. The first kappa shape index (κ1) is 19.7. The van der Waals surface area contributed by atoms with Crippen molar-refractivity contribution in [2.75, 3.05) is 11.1 Å². The third kappa shape index (κ3) is 3.81. The highest BCUT2D eigenvalue weighted by Gasteiger charge is 2.23. The van der Waals surface area contributed by atoms with Crippen molar-refractivity contribution in [2.45, 2.75) is 50.7 Å². The van der Waals surface area contributed by atoms with Crippen LogP contribution in [0.15, 0.2) is 34.2 Å². The number of amides is 1. The summed E-state index contributed by atoms with van der Waals surface area (Å²) < 4.78 is 3.56. The van der Waals surface area contributed by atoms with Crippen molar-refractivity contribution >= 4 is 34.3 Å². The predicted octanol–water partition coefficient (Wildman–Crippen LogP) is 3.59. The number of nitrogens with zero attached hydrogens (tertiary/aromatic N) is 4. The highest BCUT2D eigenvalue weighted by molar-refractivity contribution is 7.99. The van der Waals surface area contributed by atoms with Gasteiger partial charge in [-0.15, -0.1) is 0 Å². The maximum Gasteiger partial charge on any atom is 0.262 e. The molecule has 1 amide bonds. The molecule has 1 saturated carbocycles. The fourth-order valence-corrected chi connectivity index (χ4v) is 4.84. The van der Waals surface area contributed by atoms with Gasteiger partial charge in [-0.3, -0.25) is 18.8 Å². The molecule has 7 nitrogen and oxygen atoms in total. The van der Waals surface area contributed by atoms with Crippen LogP contribution in [0.1, 0.15) is 43.1 Å². The molecular weight excluding hydrogens is 386 g/mol. The first-order valence-corrected chi connectivity index (χ1v) is 10.9. The molecule has 1 aromatic carbocycles. The van der Waals surface area contributed by atoms with Gasteiger partial charge in [0.15, 0.2) is 5.16 Å². The molecular formula is C21H25N5O2S. The fourth-order valence-electron chi connectivity index (χ4n) is 3.97. The third-order valence-corrected chi connectivity index (χ3v) is 6.52. The summed E-state index contributed by atoms with van der Waals surface area (Å²) >= 11 is 1.32. The van der Waals surface area contributed by atoms with Crippen LogP contribution < -0.4 is 10.9 Å². The summed E-state index contributed by atoms with van der Waals surface area (Å²) in [5.41, 5.74) is 3.11. The Hall–Kier alpha value is -2.61. The number of nitrogens with one attached hydrogen (secondary N) is 1. The lowest BCUT2D eigenvalue weighted by Gasteiger charge is -2.18. The van der Waals surface area contributed by atoms with E-state index in [1.807, 2.05) is 49.7 Å². The summed E-state index contributed by atoms with van der Waals surface area (Å²) in [5, 5.41) is 8.54. The van der Waals surface area contributed by atoms with Crippen LogP contribution in [0.25, 0.3) is 10.9 Å². The van der Waals surface area contributed by atoms with Crippen molar-refractivity contribution in [1.82, 2.24) is 19.3 Å². The molecule has 2 aromatic heterocycles. The number of carbonyl (C=O) groups is 1. The van der Waals surface area contributed by atoms with Crippen LogP contribution in [0, 0.1) is 13.8 Å². The van der Waals surface area contributed by atoms with Gasteiger partial charge in [0, 0.05) is 13.1 Å². The monoisotopic (exact) mass is 411 g/mol. The fraction of sp³-hybridized carbons (Fsp3) is 0.429. The Kier molecular flexibility index (Phi) is 5.45. The Morgan fingerprint density at radius 3 is 2.66 bits per heavy atom. The van der Waals surface area contributed by atoms with Crippen molar-refractivity contribution in [1.29, 1.82) is 0 Å². The van der Waals surface area contributed by atoms with Gasteiger partial charge in [-0.2, -0.15) is 5.10 Å². The molecule has 0 aliphatic heterocycles. The minimum Gasteiger partial charge on any atom is -0.322 e. The Labute approximate surface area is 173 Å². The lowest BCUT2D eigenvalue weighted by molar-refractivity contribution is -0.113. The Balaban J connectivity index is 1.60. The molecule has 4 rings (SSSR count). The van der Waals surface area contributed by atoms with Crippen LogP contribution >= 0.6 is 11.8 Å². The van der Waals surface area contributed by atoms with E-state index in [-0.39, 0.29) is 23.3 Å². The maximum absolute atomic E-state index is 13.2. The SMILES string of the molecule is Cc1nn(C)c(C)c1NC(=O)CSc1nc2ccccc2c(=O)n1C1CCCC1. The molecule has 0 bridgehead atoms. The van der Waals surface area contributed by atoms with Crippen molar-refractivity contribution < 1.29 is 4.79 Å². The molecule has 1 aliphatic carbocycles. The van der Waals surface area contributed by atoms with E-state index in [9.17, 15) is 9.59 Å². The number of rotatable bonds is 5. The lowest BCUT2D eigenvalue weighted by Crippen LogP contribution is -2.27. The molecule has 8 heteroatoms. The Bertz CT molecular complexity index is 1130. The van der Waals surface area contributed by atoms with E-state index in [1.165, 1.54) is 11.8 Å². The highest BCUT2D eigenvalue weighted by atomic mass is 32.2. The molecule has 2 heterocycles. The van der Waals surface area contributed by atoms with E-state index >= 15 is 0 Å². The summed E-state index contributed by atoms with van der Waals surface area (Å²) in [6, 6.07) is 7.58. The van der Waals surface area contributed by atoms with Gasteiger partial charge in [-0.1, -0.05) is 36.7 Å². The first-order chi connectivity index (χ1) is 14.0. The van der Waals surface area contributed by atoms with Gasteiger partial charge in [0.25, 0.3) is 5.56 Å². The van der Waals surface area contributed by atoms with Crippen molar-refractivity contribution in [2.24, 2.45) is 7.05 Å². The highest BCUT2D eigenvalue weighted by Crippen LogP contribution is 2.32. The van der Waals surface area contributed by atoms with E-state index < -0.39 is 0 Å². The first-order valence-electron chi connectivity index (χ1n) is 9.90. The number of aromatic nitrogens is 4. The van der Waals surface area contributed by atoms with Gasteiger partial charge in [0.2, 0.25) is 5.91 Å². The molecule has 0 radical (unpaired) electrons. The molecule has 1 aliphatic rings. The normalized spacial score (nSPS) is 14.6. The number of benzene rings is 1. The number of thioether (sulfide) groups is 1. The van der Waals surface area contributed by atoms with Crippen molar-refractivity contribution in [3.05, 3.63) is 46.0 Å². The number of hydrogen-bond acceptors (Lipinski definition) is 5. The van der Waals surface area contributed by atoms with Crippen LogP contribution in [0.4, 0.5) is 5.69 Å². The van der Waals surface area contributed by atoms with Gasteiger partial charge in [0.05, 0.1) is 33.7 Å². The van der Waals surface area contributed by atoms with Crippen LogP contribution in [0.2, 0.25) is 0 Å². The number of aryl methyl sites for hydroxylation is 2. The minimum absolute atomic E-state index is 0.00986. The molecule has 0 atom stereocenters. The number of hydrogen-bond donors (Lipinski definition) is 1. The Morgan fingerprint density at radius 1 is 1.24 bits per heavy atom. The third-order valence-electron chi connectivity index (χ3n) is 5.57. The predicted molar refractivity (Wildman–Crippen MR) is 116 cm³/mol. The van der Waals surface area contributed by atoms with E-state index in [4.69, 9.17) is 4.98 Å². The molecule has 0 unspecified atom stereocenters. The Morgan fingerprint density at radius 2 is 1.97 bits per heavy atom. The van der Waals surface area contributed by atoms with Crippen LogP contribution in [0.5, 0.6) is 0 Å². The average molecular weight is 412 g/mol. The molecule has 3 aromatic rings. The van der Waals surface area contributed by atoms with Gasteiger partial charge >= 0.3 is 0 Å². The van der Waals surface area contributed by atoms with Gasteiger partial charge < -0.3 is 5.32 Å². The van der Waals surface area contributed by atoms with Gasteiger partial charge in [0.1, 0.15) is 0 Å². The zero-order valence-electron chi connectivity index (χ0n) is 16.9. The number of carbonyl (C=O) groups excluding carboxylic acids is 1. The second-order valence-electron chi connectivity index (χ2n) is 7.53. The number of fused-ring (bicyclic) bond motifs is 1. The van der Waals surface area contributed by atoms with E-state index in [1.54, 1.807) is 4.68 Å². The second-order valence-corrected chi connectivity index (χ2v) is 8.47. The van der Waals surface area contributed by atoms with Crippen LogP contribution in [-0.4, -0.2) is 31.0 Å². The maximum atomic E-state index is 13.2.